The monoisotopic (exact) mass is 278 g/mol. The van der Waals surface area contributed by atoms with Gasteiger partial charge in [0.1, 0.15) is 5.54 Å². The van der Waals surface area contributed by atoms with Gasteiger partial charge in [-0.25, -0.2) is 4.79 Å². The van der Waals surface area contributed by atoms with E-state index in [2.05, 4.69) is 36.2 Å². The van der Waals surface area contributed by atoms with Crippen LogP contribution >= 0.6 is 0 Å². The van der Waals surface area contributed by atoms with E-state index in [0.717, 1.165) is 25.2 Å². The zero-order valence-corrected chi connectivity index (χ0v) is 13.0. The molecule has 112 valence electrons. The van der Waals surface area contributed by atoms with Crippen LogP contribution in [0.2, 0.25) is 0 Å². The van der Waals surface area contributed by atoms with Crippen molar-refractivity contribution in [3.8, 4) is 0 Å². The molecule has 0 spiro atoms. The Morgan fingerprint density at radius 3 is 2.45 bits per heavy atom. The van der Waals surface area contributed by atoms with Gasteiger partial charge in [-0.15, -0.1) is 0 Å². The number of hydrogen-bond donors (Lipinski definition) is 1. The smallest absolute Gasteiger partial charge is 0.327 e. The summed E-state index contributed by atoms with van der Waals surface area (Å²) in [6.07, 6.45) is 0.976. The van der Waals surface area contributed by atoms with E-state index < -0.39 is 5.54 Å². The van der Waals surface area contributed by atoms with Gasteiger partial charge in [0.2, 0.25) is 0 Å². The summed E-state index contributed by atoms with van der Waals surface area (Å²) >= 11 is 0. The Balaban J connectivity index is 2.89. The van der Waals surface area contributed by atoms with Crippen molar-refractivity contribution < 1.29 is 9.53 Å². The summed E-state index contributed by atoms with van der Waals surface area (Å²) in [6, 6.07) is 10.1. The number of methoxy groups -OCH3 is 1. The topological polar surface area (TPSA) is 41.6 Å². The van der Waals surface area contributed by atoms with E-state index in [1.165, 1.54) is 7.11 Å². The highest BCUT2D eigenvalue weighted by Gasteiger charge is 2.35. The standard InChI is InChI=1S/C16H26N2O2/c1-5-12-17-16(3,15(19)20-4)13-18(6-2)14-10-8-7-9-11-14/h7-11,17H,5-6,12-13H2,1-4H3. The predicted octanol–water partition coefficient (Wildman–Crippen LogP) is 2.44. The first-order valence-electron chi connectivity index (χ1n) is 7.20. The number of para-hydroxylation sites is 1. The third kappa shape index (κ3) is 4.23. The van der Waals surface area contributed by atoms with Crippen LogP contribution < -0.4 is 10.2 Å². The van der Waals surface area contributed by atoms with Gasteiger partial charge in [0.15, 0.2) is 0 Å². The minimum atomic E-state index is -0.698. The van der Waals surface area contributed by atoms with Crippen LogP contribution in [-0.4, -0.2) is 38.3 Å². The largest absolute Gasteiger partial charge is 0.468 e. The molecule has 0 amide bonds. The summed E-state index contributed by atoms with van der Waals surface area (Å²) < 4.78 is 4.97. The number of hydrogen-bond acceptors (Lipinski definition) is 4. The molecule has 1 atom stereocenters. The van der Waals surface area contributed by atoms with Crippen LogP contribution in [0.15, 0.2) is 30.3 Å². The number of rotatable bonds is 8. The van der Waals surface area contributed by atoms with Crippen LogP contribution in [0.25, 0.3) is 0 Å². The number of nitrogens with zero attached hydrogens (tertiary/aromatic N) is 1. The maximum atomic E-state index is 12.1. The minimum absolute atomic E-state index is 0.222. The summed E-state index contributed by atoms with van der Waals surface area (Å²) in [6.45, 7) is 8.28. The molecule has 0 aliphatic carbocycles. The summed E-state index contributed by atoms with van der Waals surface area (Å²) in [5, 5.41) is 3.31. The van der Waals surface area contributed by atoms with Gasteiger partial charge >= 0.3 is 5.97 Å². The Morgan fingerprint density at radius 2 is 1.95 bits per heavy atom. The van der Waals surface area contributed by atoms with E-state index in [0.29, 0.717) is 6.54 Å². The molecule has 0 aliphatic rings. The number of anilines is 1. The second kappa shape index (κ2) is 7.90. The highest BCUT2D eigenvalue weighted by Crippen LogP contribution is 2.17. The lowest BCUT2D eigenvalue weighted by Gasteiger charge is -2.35. The first kappa shape index (κ1) is 16.5. The van der Waals surface area contributed by atoms with Gasteiger partial charge in [0, 0.05) is 18.8 Å². The van der Waals surface area contributed by atoms with Gasteiger partial charge in [-0.1, -0.05) is 25.1 Å². The Bertz CT molecular complexity index is 408. The van der Waals surface area contributed by atoms with Crippen LogP contribution in [0.4, 0.5) is 5.69 Å². The van der Waals surface area contributed by atoms with E-state index in [4.69, 9.17) is 4.74 Å². The van der Waals surface area contributed by atoms with Crippen LogP contribution in [-0.2, 0) is 9.53 Å². The van der Waals surface area contributed by atoms with Crippen molar-refractivity contribution in [1.82, 2.24) is 5.32 Å². The summed E-state index contributed by atoms with van der Waals surface area (Å²) in [4.78, 5) is 14.3. The maximum absolute atomic E-state index is 12.1. The van der Waals surface area contributed by atoms with Crippen molar-refractivity contribution in [1.29, 1.82) is 0 Å². The van der Waals surface area contributed by atoms with Gasteiger partial charge in [0.05, 0.1) is 7.11 Å². The van der Waals surface area contributed by atoms with Crippen molar-refractivity contribution in [2.75, 3.05) is 31.6 Å². The van der Waals surface area contributed by atoms with Gasteiger partial charge in [-0.2, -0.15) is 0 Å². The molecule has 4 heteroatoms. The fourth-order valence-corrected chi connectivity index (χ4v) is 2.22. The molecule has 0 aromatic heterocycles. The average molecular weight is 278 g/mol. The van der Waals surface area contributed by atoms with Crippen molar-refractivity contribution in [3.63, 3.8) is 0 Å². The number of benzene rings is 1. The zero-order valence-electron chi connectivity index (χ0n) is 13.0. The third-order valence-corrected chi connectivity index (χ3v) is 3.41. The lowest BCUT2D eigenvalue weighted by atomic mass is 10.0. The summed E-state index contributed by atoms with van der Waals surface area (Å²) in [5.41, 5.74) is 0.416. The third-order valence-electron chi connectivity index (χ3n) is 3.41. The highest BCUT2D eigenvalue weighted by atomic mass is 16.5. The maximum Gasteiger partial charge on any atom is 0.327 e. The molecule has 1 rings (SSSR count). The number of carbonyl (C=O) groups excluding carboxylic acids is 1. The van der Waals surface area contributed by atoms with Gasteiger partial charge in [-0.05, 0) is 38.9 Å². The van der Waals surface area contributed by atoms with Crippen molar-refractivity contribution in [2.45, 2.75) is 32.7 Å². The molecule has 0 saturated carbocycles. The molecule has 0 aliphatic heterocycles. The quantitative estimate of drug-likeness (QED) is 0.742. The molecule has 0 heterocycles. The fraction of sp³-hybridized carbons (Fsp3) is 0.562. The number of esters is 1. The number of ether oxygens (including phenoxy) is 1. The molecule has 1 aromatic carbocycles. The van der Waals surface area contributed by atoms with Crippen molar-refractivity contribution >= 4 is 11.7 Å². The van der Waals surface area contributed by atoms with E-state index in [9.17, 15) is 4.79 Å². The van der Waals surface area contributed by atoms with Crippen molar-refractivity contribution in [2.24, 2.45) is 0 Å². The Labute approximate surface area is 122 Å². The summed E-state index contributed by atoms with van der Waals surface area (Å²) in [7, 11) is 1.44. The highest BCUT2D eigenvalue weighted by molar-refractivity contribution is 5.81. The Kier molecular flexibility index (Phi) is 6.52. The first-order chi connectivity index (χ1) is 9.57. The SMILES string of the molecule is CCCNC(C)(CN(CC)c1ccccc1)C(=O)OC. The predicted molar refractivity (Wildman–Crippen MR) is 83.0 cm³/mol. The molecule has 1 unspecified atom stereocenters. The molecule has 4 nitrogen and oxygen atoms in total. The zero-order chi connectivity index (χ0) is 15.0. The van der Waals surface area contributed by atoms with Crippen LogP contribution in [0, 0.1) is 0 Å². The van der Waals surface area contributed by atoms with E-state index in [1.54, 1.807) is 0 Å². The number of likely N-dealkylation sites (N-methyl/N-ethyl adjacent to an activating group) is 1. The summed E-state index contributed by atoms with van der Waals surface area (Å²) in [5.74, 6) is -0.222. The van der Waals surface area contributed by atoms with Crippen molar-refractivity contribution in [3.05, 3.63) is 30.3 Å². The molecule has 0 radical (unpaired) electrons. The van der Waals surface area contributed by atoms with Gasteiger partial charge in [0.25, 0.3) is 0 Å². The average Bonchev–Trinajstić information content (AvgIpc) is 2.50. The second-order valence-corrected chi connectivity index (χ2v) is 5.10. The van der Waals surface area contributed by atoms with Gasteiger partial charge < -0.3 is 15.0 Å². The lowest BCUT2D eigenvalue weighted by Crippen LogP contribution is -2.57. The number of nitrogens with one attached hydrogen (secondary N) is 1. The minimum Gasteiger partial charge on any atom is -0.468 e. The van der Waals surface area contributed by atoms with E-state index in [1.807, 2.05) is 25.1 Å². The van der Waals surface area contributed by atoms with E-state index in [-0.39, 0.29) is 5.97 Å². The first-order valence-corrected chi connectivity index (χ1v) is 7.20. The number of carbonyl (C=O) groups is 1. The van der Waals surface area contributed by atoms with Crippen LogP contribution in [0.3, 0.4) is 0 Å². The Morgan fingerprint density at radius 1 is 1.30 bits per heavy atom. The van der Waals surface area contributed by atoms with Gasteiger partial charge in [-0.3, -0.25) is 0 Å². The Hall–Kier alpha value is -1.55. The molecule has 20 heavy (non-hydrogen) atoms. The fourth-order valence-electron chi connectivity index (χ4n) is 2.22. The molecular weight excluding hydrogens is 252 g/mol. The molecule has 1 aromatic rings. The molecule has 1 N–H and O–H groups in total. The normalized spacial score (nSPS) is 13.6. The molecular formula is C16H26N2O2. The van der Waals surface area contributed by atoms with E-state index >= 15 is 0 Å². The molecule has 0 saturated heterocycles. The van der Waals surface area contributed by atoms with Crippen LogP contribution in [0.5, 0.6) is 0 Å². The molecule has 0 fully saturated rings. The van der Waals surface area contributed by atoms with Crippen LogP contribution in [0.1, 0.15) is 27.2 Å². The lowest BCUT2D eigenvalue weighted by molar-refractivity contribution is -0.147. The molecule has 0 bridgehead atoms. The second-order valence-electron chi connectivity index (χ2n) is 5.10.